The lowest BCUT2D eigenvalue weighted by atomic mass is 10.2. The summed E-state index contributed by atoms with van der Waals surface area (Å²) in [6.45, 7) is -0.413. The summed E-state index contributed by atoms with van der Waals surface area (Å²) in [7, 11) is 0. The maximum Gasteiger partial charge on any atom is 0.337 e. The normalized spacial score (nSPS) is 9.61. The van der Waals surface area contributed by atoms with Crippen molar-refractivity contribution in [2.75, 3.05) is 11.9 Å². The van der Waals surface area contributed by atoms with E-state index in [-0.39, 0.29) is 11.3 Å². The minimum absolute atomic E-state index is 0.218. The first-order chi connectivity index (χ1) is 8.40. The molecular formula is C10H10FN3O4. The second kappa shape index (κ2) is 5.62. The largest absolute Gasteiger partial charge is 0.478 e. The maximum absolute atomic E-state index is 12.9. The lowest BCUT2D eigenvalue weighted by Gasteiger charge is -2.09. The van der Waals surface area contributed by atoms with Crippen molar-refractivity contribution in [3.63, 3.8) is 0 Å². The third-order valence-electron chi connectivity index (χ3n) is 1.88. The molecular weight excluding hydrogens is 245 g/mol. The molecule has 18 heavy (non-hydrogen) atoms. The number of urea groups is 1. The van der Waals surface area contributed by atoms with Crippen LogP contribution in [-0.4, -0.2) is 29.6 Å². The molecule has 0 saturated carbocycles. The average Bonchev–Trinajstić information content (AvgIpc) is 2.26. The summed E-state index contributed by atoms with van der Waals surface area (Å²) in [6, 6.07) is 1.96. The molecule has 0 heterocycles. The van der Waals surface area contributed by atoms with Crippen molar-refractivity contribution in [2.45, 2.75) is 0 Å². The van der Waals surface area contributed by atoms with E-state index in [2.05, 4.69) is 10.6 Å². The molecule has 0 unspecified atom stereocenters. The number of carbonyl (C=O) groups excluding carboxylic acids is 2. The van der Waals surface area contributed by atoms with Gasteiger partial charge in [0.15, 0.2) is 0 Å². The highest BCUT2D eigenvalue weighted by molar-refractivity contribution is 6.00. The summed E-state index contributed by atoms with van der Waals surface area (Å²) >= 11 is 0. The zero-order valence-corrected chi connectivity index (χ0v) is 9.07. The topological polar surface area (TPSA) is 122 Å². The Hall–Kier alpha value is -2.64. The van der Waals surface area contributed by atoms with Gasteiger partial charge in [0.1, 0.15) is 5.82 Å². The van der Waals surface area contributed by atoms with Gasteiger partial charge in [-0.15, -0.1) is 0 Å². The van der Waals surface area contributed by atoms with Gasteiger partial charge in [-0.2, -0.15) is 0 Å². The van der Waals surface area contributed by atoms with E-state index in [9.17, 15) is 18.8 Å². The van der Waals surface area contributed by atoms with Crippen molar-refractivity contribution in [1.29, 1.82) is 0 Å². The van der Waals surface area contributed by atoms with Gasteiger partial charge in [0.25, 0.3) is 0 Å². The standard InChI is InChI=1S/C10H10FN3O4/c11-5-1-2-6(9(16)17)7(3-5)14-10(18)13-4-8(12)15/h1-3H,4H2,(H2,12,15)(H,16,17)(H2,13,14,18). The van der Waals surface area contributed by atoms with Crippen LogP contribution in [0, 0.1) is 5.82 Å². The van der Waals surface area contributed by atoms with Gasteiger partial charge in [0.2, 0.25) is 5.91 Å². The Morgan fingerprint density at radius 3 is 2.56 bits per heavy atom. The van der Waals surface area contributed by atoms with Gasteiger partial charge in [0.05, 0.1) is 17.8 Å². The fourth-order valence-electron chi connectivity index (χ4n) is 1.14. The molecule has 0 aliphatic rings. The van der Waals surface area contributed by atoms with Gasteiger partial charge < -0.3 is 21.5 Å². The van der Waals surface area contributed by atoms with Crippen LogP contribution in [0.4, 0.5) is 14.9 Å². The lowest BCUT2D eigenvalue weighted by Crippen LogP contribution is -2.36. The fraction of sp³-hybridized carbons (Fsp3) is 0.100. The predicted molar refractivity (Wildman–Crippen MR) is 59.6 cm³/mol. The fourth-order valence-corrected chi connectivity index (χ4v) is 1.14. The number of hydrogen-bond acceptors (Lipinski definition) is 3. The Morgan fingerprint density at radius 2 is 2.00 bits per heavy atom. The van der Waals surface area contributed by atoms with Crippen molar-refractivity contribution in [3.8, 4) is 0 Å². The highest BCUT2D eigenvalue weighted by atomic mass is 19.1. The molecule has 1 rings (SSSR count). The minimum Gasteiger partial charge on any atom is -0.478 e. The molecule has 0 saturated heterocycles. The third-order valence-corrected chi connectivity index (χ3v) is 1.88. The molecule has 0 atom stereocenters. The van der Waals surface area contributed by atoms with Crippen LogP contribution in [0.5, 0.6) is 0 Å². The first kappa shape index (κ1) is 13.4. The molecule has 0 fully saturated rings. The summed E-state index contributed by atoms with van der Waals surface area (Å²) in [6.07, 6.45) is 0. The van der Waals surface area contributed by atoms with Crippen LogP contribution >= 0.6 is 0 Å². The quantitative estimate of drug-likeness (QED) is 0.610. The zero-order chi connectivity index (χ0) is 13.7. The number of carboxylic acid groups (broad SMARTS) is 1. The Kier molecular flexibility index (Phi) is 4.19. The summed E-state index contributed by atoms with van der Waals surface area (Å²) in [5, 5.41) is 13.0. The summed E-state index contributed by atoms with van der Waals surface area (Å²) in [5.41, 5.74) is 4.31. The van der Waals surface area contributed by atoms with Gasteiger partial charge in [-0.25, -0.2) is 14.0 Å². The van der Waals surface area contributed by atoms with Crippen LogP contribution in [0.15, 0.2) is 18.2 Å². The molecule has 0 aliphatic heterocycles. The van der Waals surface area contributed by atoms with Crippen LogP contribution in [0.3, 0.4) is 0 Å². The van der Waals surface area contributed by atoms with Gasteiger partial charge in [0, 0.05) is 0 Å². The number of halogens is 1. The number of rotatable bonds is 4. The van der Waals surface area contributed by atoms with Crippen molar-refractivity contribution < 1.29 is 23.9 Å². The van der Waals surface area contributed by atoms with E-state index >= 15 is 0 Å². The zero-order valence-electron chi connectivity index (χ0n) is 9.07. The summed E-state index contributed by atoms with van der Waals surface area (Å²) < 4.78 is 12.9. The van der Waals surface area contributed by atoms with E-state index < -0.39 is 30.3 Å². The summed E-state index contributed by atoms with van der Waals surface area (Å²) in [5.74, 6) is -2.78. The van der Waals surface area contributed by atoms with E-state index in [1.165, 1.54) is 0 Å². The molecule has 7 nitrogen and oxygen atoms in total. The number of nitrogens with two attached hydrogens (primary N) is 1. The lowest BCUT2D eigenvalue weighted by molar-refractivity contribution is -0.117. The number of anilines is 1. The summed E-state index contributed by atoms with van der Waals surface area (Å²) in [4.78, 5) is 32.5. The Bertz CT molecular complexity index is 504. The van der Waals surface area contributed by atoms with Gasteiger partial charge >= 0.3 is 12.0 Å². The number of nitrogens with one attached hydrogen (secondary N) is 2. The SMILES string of the molecule is NC(=O)CNC(=O)Nc1cc(F)ccc1C(=O)O. The first-order valence-electron chi connectivity index (χ1n) is 4.76. The Balaban J connectivity index is 2.82. The highest BCUT2D eigenvalue weighted by Gasteiger charge is 2.13. The monoisotopic (exact) mass is 255 g/mol. The average molecular weight is 255 g/mol. The second-order valence-corrected chi connectivity index (χ2v) is 3.27. The minimum atomic E-state index is -1.32. The number of benzene rings is 1. The van der Waals surface area contributed by atoms with Gasteiger partial charge in [-0.3, -0.25) is 4.79 Å². The van der Waals surface area contributed by atoms with E-state index in [0.29, 0.717) is 0 Å². The van der Waals surface area contributed by atoms with Crippen molar-refractivity contribution in [3.05, 3.63) is 29.6 Å². The van der Waals surface area contributed by atoms with E-state index in [0.717, 1.165) is 18.2 Å². The van der Waals surface area contributed by atoms with Gasteiger partial charge in [-0.1, -0.05) is 0 Å². The third kappa shape index (κ3) is 3.74. The van der Waals surface area contributed by atoms with Crippen molar-refractivity contribution >= 4 is 23.6 Å². The molecule has 0 aliphatic carbocycles. The van der Waals surface area contributed by atoms with Gasteiger partial charge in [-0.05, 0) is 18.2 Å². The second-order valence-electron chi connectivity index (χ2n) is 3.27. The van der Waals surface area contributed by atoms with Crippen molar-refractivity contribution in [2.24, 2.45) is 5.73 Å². The first-order valence-corrected chi connectivity index (χ1v) is 4.76. The van der Waals surface area contributed by atoms with Crippen LogP contribution in [0.2, 0.25) is 0 Å². The molecule has 0 spiro atoms. The van der Waals surface area contributed by atoms with E-state index in [4.69, 9.17) is 10.8 Å². The number of hydrogen-bond donors (Lipinski definition) is 4. The van der Waals surface area contributed by atoms with E-state index in [1.807, 2.05) is 0 Å². The molecule has 96 valence electrons. The predicted octanol–water partition coefficient (Wildman–Crippen LogP) is 0.131. The molecule has 0 aromatic heterocycles. The smallest absolute Gasteiger partial charge is 0.337 e. The van der Waals surface area contributed by atoms with Crippen LogP contribution in [0.1, 0.15) is 10.4 Å². The van der Waals surface area contributed by atoms with Crippen molar-refractivity contribution in [1.82, 2.24) is 5.32 Å². The Morgan fingerprint density at radius 1 is 1.33 bits per heavy atom. The molecule has 3 amide bonds. The number of primary amides is 1. The number of carbonyl (C=O) groups is 3. The van der Waals surface area contributed by atoms with Crippen LogP contribution in [-0.2, 0) is 4.79 Å². The number of amides is 3. The van der Waals surface area contributed by atoms with Crippen LogP contribution in [0.25, 0.3) is 0 Å². The number of aromatic carboxylic acids is 1. The maximum atomic E-state index is 12.9. The molecule has 1 aromatic rings. The molecule has 0 radical (unpaired) electrons. The Labute approximate surface area is 101 Å². The van der Waals surface area contributed by atoms with Crippen LogP contribution < -0.4 is 16.4 Å². The highest BCUT2D eigenvalue weighted by Crippen LogP contribution is 2.17. The number of carboxylic acids is 1. The molecule has 1 aromatic carbocycles. The molecule has 8 heteroatoms. The van der Waals surface area contributed by atoms with E-state index in [1.54, 1.807) is 0 Å². The molecule has 0 bridgehead atoms. The molecule has 5 N–H and O–H groups in total.